The highest BCUT2D eigenvalue weighted by molar-refractivity contribution is 5.92. The number of nitrogens with one attached hydrogen (secondary N) is 1. The first kappa shape index (κ1) is 21.9. The zero-order valence-electron chi connectivity index (χ0n) is 19.3. The molecule has 0 aromatic heterocycles. The number of amides is 1. The summed E-state index contributed by atoms with van der Waals surface area (Å²) in [4.78, 5) is 13.1. The Bertz CT molecular complexity index is 1100. The van der Waals surface area contributed by atoms with Crippen LogP contribution in [0.25, 0.3) is 0 Å². The first-order valence-electron chi connectivity index (χ1n) is 11.2. The number of anilines is 1. The van der Waals surface area contributed by atoms with Crippen molar-refractivity contribution in [1.29, 1.82) is 0 Å². The minimum absolute atomic E-state index is 0.0267. The lowest BCUT2D eigenvalue weighted by Crippen LogP contribution is -2.18. The Labute approximate surface area is 190 Å². The molecule has 0 radical (unpaired) electrons. The van der Waals surface area contributed by atoms with Crippen LogP contribution in [0.2, 0.25) is 0 Å². The highest BCUT2D eigenvalue weighted by Gasteiger charge is 2.21. The predicted molar refractivity (Wildman–Crippen MR) is 129 cm³/mol. The summed E-state index contributed by atoms with van der Waals surface area (Å²) in [5.74, 6) is 1.32. The molecule has 1 heterocycles. The van der Waals surface area contributed by atoms with Gasteiger partial charge < -0.3 is 14.8 Å². The minimum atomic E-state index is -0.0342. The molecular formula is C28H31NO3. The highest BCUT2D eigenvalue weighted by atomic mass is 16.6. The zero-order chi connectivity index (χ0) is 22.7. The fraction of sp³-hybridized carbons (Fsp3) is 0.321. The average molecular weight is 430 g/mol. The van der Waals surface area contributed by atoms with Crippen LogP contribution in [0.3, 0.4) is 0 Å². The molecule has 0 aliphatic carbocycles. The van der Waals surface area contributed by atoms with Gasteiger partial charge in [-0.2, -0.15) is 0 Å². The van der Waals surface area contributed by atoms with Crippen LogP contribution in [0.4, 0.5) is 5.69 Å². The summed E-state index contributed by atoms with van der Waals surface area (Å²) >= 11 is 0. The van der Waals surface area contributed by atoms with Gasteiger partial charge in [-0.15, -0.1) is 0 Å². The first-order chi connectivity index (χ1) is 15.3. The molecule has 4 heteroatoms. The minimum Gasteiger partial charge on any atom is -0.486 e. The zero-order valence-corrected chi connectivity index (χ0v) is 19.3. The van der Waals surface area contributed by atoms with Crippen LogP contribution < -0.4 is 14.8 Å². The Morgan fingerprint density at radius 1 is 0.906 bits per heavy atom. The van der Waals surface area contributed by atoms with Gasteiger partial charge in [0.15, 0.2) is 11.5 Å². The normalized spacial score (nSPS) is 14.0. The third-order valence-corrected chi connectivity index (χ3v) is 5.84. The molecule has 32 heavy (non-hydrogen) atoms. The molecule has 0 fully saturated rings. The molecule has 1 N–H and O–H groups in total. The molecule has 0 saturated heterocycles. The van der Waals surface area contributed by atoms with Crippen molar-refractivity contribution in [3.63, 3.8) is 0 Å². The monoisotopic (exact) mass is 429 g/mol. The number of fused-ring (bicyclic) bond motifs is 1. The summed E-state index contributed by atoms with van der Waals surface area (Å²) in [6.45, 7) is 9.77. The van der Waals surface area contributed by atoms with Gasteiger partial charge in [0.2, 0.25) is 5.91 Å². The Hall–Kier alpha value is -3.27. The Kier molecular flexibility index (Phi) is 6.22. The molecule has 3 aromatic carbocycles. The van der Waals surface area contributed by atoms with Crippen molar-refractivity contribution in [2.24, 2.45) is 0 Å². The van der Waals surface area contributed by atoms with Crippen molar-refractivity contribution in [2.75, 3.05) is 18.5 Å². The van der Waals surface area contributed by atoms with Gasteiger partial charge in [0.05, 0.1) is 0 Å². The van der Waals surface area contributed by atoms with Gasteiger partial charge >= 0.3 is 0 Å². The van der Waals surface area contributed by atoms with Crippen molar-refractivity contribution in [3.05, 3.63) is 89.0 Å². The van der Waals surface area contributed by atoms with E-state index in [-0.39, 0.29) is 17.2 Å². The second-order valence-electron chi connectivity index (χ2n) is 9.45. The molecule has 1 aliphatic heterocycles. The van der Waals surface area contributed by atoms with E-state index < -0.39 is 0 Å². The highest BCUT2D eigenvalue weighted by Crippen LogP contribution is 2.34. The average Bonchev–Trinajstić information content (AvgIpc) is 2.77. The lowest BCUT2D eigenvalue weighted by molar-refractivity contribution is -0.116. The van der Waals surface area contributed by atoms with Gasteiger partial charge in [-0.05, 0) is 41.2 Å². The molecule has 166 valence electrons. The van der Waals surface area contributed by atoms with Gasteiger partial charge in [-0.1, -0.05) is 74.9 Å². The number of hydrogen-bond donors (Lipinski definition) is 1. The Balaban J connectivity index is 1.57. The van der Waals surface area contributed by atoms with E-state index in [1.807, 2.05) is 18.2 Å². The van der Waals surface area contributed by atoms with Crippen LogP contribution in [0.5, 0.6) is 11.5 Å². The summed E-state index contributed by atoms with van der Waals surface area (Å²) in [7, 11) is 0. The summed E-state index contributed by atoms with van der Waals surface area (Å²) in [6.07, 6.45) is 0.354. The Morgan fingerprint density at radius 3 is 2.31 bits per heavy atom. The smallest absolute Gasteiger partial charge is 0.225 e. The van der Waals surface area contributed by atoms with Crippen molar-refractivity contribution >= 4 is 11.6 Å². The van der Waals surface area contributed by atoms with Gasteiger partial charge in [0, 0.05) is 24.1 Å². The standard InChI is InChI=1S/C28H31NO3/c1-19-6-5-7-21(16-19)24(20-8-10-22(11-9-20)28(2,3)4)18-27(30)29-23-12-13-25-26(17-23)32-15-14-31-25/h5-13,16-17,24H,14-15,18H2,1-4H3,(H,29,30). The van der Waals surface area contributed by atoms with E-state index in [9.17, 15) is 4.79 Å². The molecule has 4 nitrogen and oxygen atoms in total. The van der Waals surface area contributed by atoms with Crippen LogP contribution in [-0.4, -0.2) is 19.1 Å². The molecule has 1 amide bonds. The molecule has 1 aliphatic rings. The number of aryl methyl sites for hydroxylation is 1. The second-order valence-corrected chi connectivity index (χ2v) is 9.45. The van der Waals surface area contributed by atoms with Crippen LogP contribution in [0.1, 0.15) is 55.4 Å². The number of rotatable bonds is 5. The van der Waals surface area contributed by atoms with Crippen molar-refractivity contribution in [3.8, 4) is 11.5 Å². The van der Waals surface area contributed by atoms with E-state index >= 15 is 0 Å². The van der Waals surface area contributed by atoms with Crippen molar-refractivity contribution in [1.82, 2.24) is 0 Å². The number of carbonyl (C=O) groups is 1. The molecule has 4 rings (SSSR count). The van der Waals surface area contributed by atoms with Gasteiger partial charge in [-0.25, -0.2) is 0 Å². The Morgan fingerprint density at radius 2 is 1.62 bits per heavy atom. The molecule has 0 spiro atoms. The number of carbonyl (C=O) groups excluding carboxylic acids is 1. The topological polar surface area (TPSA) is 47.6 Å². The lowest BCUT2D eigenvalue weighted by atomic mass is 9.83. The van der Waals surface area contributed by atoms with E-state index in [1.54, 1.807) is 0 Å². The van der Waals surface area contributed by atoms with Crippen LogP contribution in [0.15, 0.2) is 66.7 Å². The molecule has 1 atom stereocenters. The first-order valence-corrected chi connectivity index (χ1v) is 11.2. The van der Waals surface area contributed by atoms with Crippen LogP contribution >= 0.6 is 0 Å². The van der Waals surface area contributed by atoms with Crippen LogP contribution in [0, 0.1) is 6.92 Å². The van der Waals surface area contributed by atoms with Crippen LogP contribution in [-0.2, 0) is 10.2 Å². The van der Waals surface area contributed by atoms with E-state index in [0.29, 0.717) is 36.8 Å². The van der Waals surface area contributed by atoms with E-state index in [4.69, 9.17) is 9.47 Å². The van der Waals surface area contributed by atoms with Gasteiger partial charge in [0.1, 0.15) is 13.2 Å². The summed E-state index contributed by atoms with van der Waals surface area (Å²) in [5.41, 5.74) is 5.56. The van der Waals surface area contributed by atoms with E-state index in [1.165, 1.54) is 11.1 Å². The summed E-state index contributed by atoms with van der Waals surface area (Å²) in [5, 5.41) is 3.04. The summed E-state index contributed by atoms with van der Waals surface area (Å²) < 4.78 is 11.2. The maximum atomic E-state index is 13.1. The maximum Gasteiger partial charge on any atom is 0.225 e. The second kappa shape index (κ2) is 9.07. The molecule has 0 bridgehead atoms. The third kappa shape index (κ3) is 5.13. The fourth-order valence-corrected chi connectivity index (χ4v) is 4.05. The van der Waals surface area contributed by atoms with Gasteiger partial charge in [-0.3, -0.25) is 4.79 Å². The van der Waals surface area contributed by atoms with Gasteiger partial charge in [0.25, 0.3) is 0 Å². The van der Waals surface area contributed by atoms with Crippen molar-refractivity contribution in [2.45, 2.75) is 45.4 Å². The molecule has 3 aromatic rings. The maximum absolute atomic E-state index is 13.1. The largest absolute Gasteiger partial charge is 0.486 e. The van der Waals surface area contributed by atoms with E-state index in [2.05, 4.69) is 81.5 Å². The summed E-state index contributed by atoms with van der Waals surface area (Å²) in [6, 6.07) is 22.6. The molecular weight excluding hydrogens is 398 g/mol. The predicted octanol–water partition coefficient (Wildman–Crippen LogP) is 6.22. The molecule has 1 unspecified atom stereocenters. The lowest BCUT2D eigenvalue weighted by Gasteiger charge is -2.22. The third-order valence-electron chi connectivity index (χ3n) is 5.84. The van der Waals surface area contributed by atoms with E-state index in [0.717, 1.165) is 11.1 Å². The SMILES string of the molecule is Cc1cccc(C(CC(=O)Nc2ccc3c(c2)OCCO3)c2ccc(C(C)(C)C)cc2)c1. The number of hydrogen-bond acceptors (Lipinski definition) is 3. The van der Waals surface area contributed by atoms with Crippen molar-refractivity contribution < 1.29 is 14.3 Å². The number of benzene rings is 3. The number of ether oxygens (including phenoxy) is 2. The fourth-order valence-electron chi connectivity index (χ4n) is 4.05. The quantitative estimate of drug-likeness (QED) is 0.523. The molecule has 0 saturated carbocycles.